The topological polar surface area (TPSA) is 73.9 Å². The molecule has 1 amide bonds. The third-order valence-electron chi connectivity index (χ3n) is 3.01. The lowest BCUT2D eigenvalue weighted by atomic mass is 10.1. The van der Waals surface area contributed by atoms with E-state index in [-0.39, 0.29) is 24.7 Å². The molecular weight excluding hydrogens is 343 g/mol. The first-order valence-corrected chi connectivity index (χ1v) is 7.49. The van der Waals surface area contributed by atoms with Crippen molar-refractivity contribution in [1.29, 1.82) is 0 Å². The number of ether oxygens (including phenoxy) is 3. The predicted octanol–water partition coefficient (Wildman–Crippen LogP) is 2.67. The number of hydrogen-bond acceptors (Lipinski definition) is 5. The summed E-state index contributed by atoms with van der Waals surface area (Å²) in [6.45, 7) is 3.77. The molecule has 1 rings (SSSR count). The molecule has 25 heavy (non-hydrogen) atoms. The van der Waals surface area contributed by atoms with Gasteiger partial charge in [0.15, 0.2) is 0 Å². The maximum atomic E-state index is 12.4. The van der Waals surface area contributed by atoms with Gasteiger partial charge in [0, 0.05) is 13.0 Å². The highest BCUT2D eigenvalue weighted by Crippen LogP contribution is 2.26. The highest BCUT2D eigenvalue weighted by Gasteiger charge is 2.33. The number of esters is 1. The van der Waals surface area contributed by atoms with Gasteiger partial charge in [-0.25, -0.2) is 4.79 Å². The summed E-state index contributed by atoms with van der Waals surface area (Å²) in [6.07, 6.45) is -4.91. The molecular formula is C16H20F3NO5. The highest BCUT2D eigenvalue weighted by molar-refractivity contribution is 5.99. The number of benzene rings is 1. The zero-order valence-corrected chi connectivity index (χ0v) is 14.1. The van der Waals surface area contributed by atoms with Gasteiger partial charge >= 0.3 is 12.3 Å². The number of carbonyl (C=O) groups excluding carboxylic acids is 2. The van der Waals surface area contributed by atoms with Crippen molar-refractivity contribution in [3.63, 3.8) is 0 Å². The van der Waals surface area contributed by atoms with Crippen molar-refractivity contribution in [2.45, 2.75) is 38.8 Å². The lowest BCUT2D eigenvalue weighted by Crippen LogP contribution is -2.42. The molecule has 0 aromatic heterocycles. The second kappa shape index (κ2) is 9.26. The fraction of sp³-hybridized carbons (Fsp3) is 0.500. The van der Waals surface area contributed by atoms with Crippen LogP contribution in [-0.2, 0) is 14.3 Å². The SMILES string of the molecule is COC(=O)[C@H](CCOC(C)C)NC(=O)c1ccccc1OC(F)(F)F. The minimum absolute atomic E-state index is 0.0742. The molecule has 140 valence electrons. The molecule has 0 fully saturated rings. The Kier molecular flexibility index (Phi) is 7.69. The van der Waals surface area contributed by atoms with Crippen molar-refractivity contribution in [1.82, 2.24) is 5.32 Å². The molecule has 0 spiro atoms. The van der Waals surface area contributed by atoms with Crippen molar-refractivity contribution in [3.05, 3.63) is 29.8 Å². The van der Waals surface area contributed by atoms with Gasteiger partial charge in [0.05, 0.1) is 18.8 Å². The molecule has 1 aromatic rings. The molecule has 0 saturated carbocycles. The summed E-state index contributed by atoms with van der Waals surface area (Å²) in [6, 6.07) is 3.79. The first-order chi connectivity index (χ1) is 11.6. The van der Waals surface area contributed by atoms with Gasteiger partial charge < -0.3 is 19.5 Å². The number of nitrogens with one attached hydrogen (secondary N) is 1. The van der Waals surface area contributed by atoms with E-state index < -0.39 is 30.0 Å². The van der Waals surface area contributed by atoms with Crippen LogP contribution in [0.3, 0.4) is 0 Å². The molecule has 0 saturated heterocycles. The van der Waals surface area contributed by atoms with Crippen molar-refractivity contribution in [2.24, 2.45) is 0 Å². The van der Waals surface area contributed by atoms with E-state index in [0.29, 0.717) is 0 Å². The summed E-state index contributed by atoms with van der Waals surface area (Å²) < 4.78 is 51.0. The molecule has 1 aromatic carbocycles. The minimum atomic E-state index is -4.94. The fourth-order valence-corrected chi connectivity index (χ4v) is 1.92. The van der Waals surface area contributed by atoms with Crippen LogP contribution in [-0.4, -0.2) is 44.1 Å². The fourth-order valence-electron chi connectivity index (χ4n) is 1.92. The van der Waals surface area contributed by atoms with Gasteiger partial charge in [-0.1, -0.05) is 12.1 Å². The van der Waals surface area contributed by atoms with Crippen molar-refractivity contribution < 1.29 is 37.0 Å². The Labute approximate surface area is 143 Å². The van der Waals surface area contributed by atoms with Crippen molar-refractivity contribution >= 4 is 11.9 Å². The minimum Gasteiger partial charge on any atom is -0.467 e. The van der Waals surface area contributed by atoms with E-state index in [1.807, 2.05) is 0 Å². The van der Waals surface area contributed by atoms with Gasteiger partial charge in [-0.05, 0) is 26.0 Å². The van der Waals surface area contributed by atoms with E-state index >= 15 is 0 Å². The number of alkyl halides is 3. The highest BCUT2D eigenvalue weighted by atomic mass is 19.4. The van der Waals surface area contributed by atoms with Crippen LogP contribution in [0.5, 0.6) is 5.75 Å². The van der Waals surface area contributed by atoms with Gasteiger partial charge in [-0.15, -0.1) is 13.2 Å². The lowest BCUT2D eigenvalue weighted by molar-refractivity contribution is -0.274. The first-order valence-electron chi connectivity index (χ1n) is 7.49. The Bertz CT molecular complexity index is 589. The van der Waals surface area contributed by atoms with Crippen LogP contribution in [0, 0.1) is 0 Å². The molecule has 0 radical (unpaired) electrons. The van der Waals surface area contributed by atoms with Crippen molar-refractivity contribution in [2.75, 3.05) is 13.7 Å². The number of methoxy groups -OCH3 is 1. The number of halogens is 3. The zero-order chi connectivity index (χ0) is 19.0. The van der Waals surface area contributed by atoms with E-state index in [0.717, 1.165) is 19.2 Å². The average Bonchev–Trinajstić information content (AvgIpc) is 2.51. The van der Waals surface area contributed by atoms with Crippen LogP contribution in [0.15, 0.2) is 24.3 Å². The molecule has 0 aliphatic carbocycles. The second-order valence-corrected chi connectivity index (χ2v) is 5.30. The van der Waals surface area contributed by atoms with E-state index in [2.05, 4.69) is 14.8 Å². The standard InChI is InChI=1S/C16H20F3NO5/c1-10(2)24-9-8-12(15(22)23-3)20-14(21)11-6-4-5-7-13(11)25-16(17,18)19/h4-7,10,12H,8-9H2,1-3H3,(H,20,21)/t12-/m0/s1. The smallest absolute Gasteiger partial charge is 0.467 e. The quantitative estimate of drug-likeness (QED) is 0.719. The molecule has 0 heterocycles. The normalized spacial score (nSPS) is 12.6. The Hall–Kier alpha value is -2.29. The molecule has 9 heteroatoms. The molecule has 0 aliphatic rings. The van der Waals surface area contributed by atoms with Gasteiger partial charge in [-0.2, -0.15) is 0 Å². The van der Waals surface area contributed by atoms with Crippen LogP contribution >= 0.6 is 0 Å². The Morgan fingerprint density at radius 2 is 1.84 bits per heavy atom. The largest absolute Gasteiger partial charge is 0.573 e. The van der Waals surface area contributed by atoms with Crippen LogP contribution in [0.2, 0.25) is 0 Å². The first kappa shape index (κ1) is 20.8. The molecule has 0 unspecified atom stereocenters. The number of para-hydroxylation sites is 1. The Balaban J connectivity index is 2.87. The summed E-state index contributed by atoms with van der Waals surface area (Å²) in [5.74, 6) is -2.27. The van der Waals surface area contributed by atoms with Gasteiger partial charge in [0.2, 0.25) is 0 Å². The molecule has 0 aliphatic heterocycles. The van der Waals surface area contributed by atoms with Gasteiger partial charge in [0.1, 0.15) is 11.8 Å². The summed E-state index contributed by atoms with van der Waals surface area (Å²) in [5, 5.41) is 2.34. The molecule has 1 N–H and O–H groups in total. The van der Waals surface area contributed by atoms with Crippen LogP contribution in [0.4, 0.5) is 13.2 Å². The Morgan fingerprint density at radius 3 is 2.40 bits per heavy atom. The van der Waals surface area contributed by atoms with E-state index in [1.165, 1.54) is 12.1 Å². The summed E-state index contributed by atoms with van der Waals surface area (Å²) in [4.78, 5) is 24.0. The Morgan fingerprint density at radius 1 is 1.20 bits per heavy atom. The third-order valence-corrected chi connectivity index (χ3v) is 3.01. The molecule has 0 bridgehead atoms. The second-order valence-electron chi connectivity index (χ2n) is 5.30. The van der Waals surface area contributed by atoms with E-state index in [1.54, 1.807) is 13.8 Å². The average molecular weight is 363 g/mol. The maximum Gasteiger partial charge on any atom is 0.573 e. The van der Waals surface area contributed by atoms with E-state index in [4.69, 9.17) is 4.74 Å². The molecule has 6 nitrogen and oxygen atoms in total. The van der Waals surface area contributed by atoms with Crippen LogP contribution in [0.25, 0.3) is 0 Å². The summed E-state index contributed by atoms with van der Waals surface area (Å²) in [5.41, 5.74) is -0.349. The monoisotopic (exact) mass is 363 g/mol. The number of carbonyl (C=O) groups is 2. The van der Waals surface area contributed by atoms with Crippen molar-refractivity contribution in [3.8, 4) is 5.75 Å². The maximum absolute atomic E-state index is 12.4. The zero-order valence-electron chi connectivity index (χ0n) is 14.1. The lowest BCUT2D eigenvalue weighted by Gasteiger charge is -2.18. The van der Waals surface area contributed by atoms with E-state index in [9.17, 15) is 22.8 Å². The van der Waals surface area contributed by atoms with Crippen LogP contribution in [0.1, 0.15) is 30.6 Å². The third kappa shape index (κ3) is 7.42. The van der Waals surface area contributed by atoms with Gasteiger partial charge in [0.25, 0.3) is 5.91 Å². The van der Waals surface area contributed by atoms with Gasteiger partial charge in [-0.3, -0.25) is 4.79 Å². The summed E-state index contributed by atoms with van der Waals surface area (Å²) >= 11 is 0. The van der Waals surface area contributed by atoms with Crippen LogP contribution < -0.4 is 10.1 Å². The number of hydrogen-bond donors (Lipinski definition) is 1. The predicted molar refractivity (Wildman–Crippen MR) is 82.1 cm³/mol. The number of rotatable bonds is 8. The number of amides is 1. The molecule has 1 atom stereocenters. The summed E-state index contributed by atoms with van der Waals surface area (Å²) in [7, 11) is 1.14.